The lowest BCUT2D eigenvalue weighted by molar-refractivity contribution is -0.129. The highest BCUT2D eigenvalue weighted by atomic mass is 35.5. The third kappa shape index (κ3) is 7.19. The van der Waals surface area contributed by atoms with Crippen molar-refractivity contribution in [2.45, 2.75) is 42.6 Å². The molecule has 2 aliphatic heterocycles. The molecule has 0 spiro atoms. The molecule has 2 N–H and O–H groups in total. The first-order chi connectivity index (χ1) is 19.0. The van der Waals surface area contributed by atoms with E-state index in [-0.39, 0.29) is 11.9 Å². The topological polar surface area (TPSA) is 88.2 Å². The van der Waals surface area contributed by atoms with E-state index in [9.17, 15) is 14.4 Å². The summed E-state index contributed by atoms with van der Waals surface area (Å²) in [5.41, 5.74) is 3.23. The minimum absolute atomic E-state index is 0.0562. The van der Waals surface area contributed by atoms with Crippen LogP contribution in [0.2, 0.25) is 0 Å². The third-order valence-electron chi connectivity index (χ3n) is 7.86. The molecule has 11 heteroatoms. The SMILES string of the molecule is CC(=O)N(C)C1CCN(c2ccc(NC(=O)C(Cl)C(Cl)C(=O)Nc3ccc(N4CCC(N(C)C)C4)cc3)cc2)C1. The summed E-state index contributed by atoms with van der Waals surface area (Å²) in [6.45, 7) is 5.13. The van der Waals surface area contributed by atoms with Gasteiger partial charge in [-0.1, -0.05) is 0 Å². The molecule has 4 rings (SSSR count). The molecule has 216 valence electrons. The molecular formula is C29H38Cl2N6O3. The number of benzene rings is 2. The maximum absolute atomic E-state index is 12.7. The van der Waals surface area contributed by atoms with Crippen molar-refractivity contribution in [3.8, 4) is 0 Å². The number of nitrogens with zero attached hydrogens (tertiary/aromatic N) is 4. The van der Waals surface area contributed by atoms with Gasteiger partial charge in [0.05, 0.1) is 6.04 Å². The molecule has 0 aromatic heterocycles. The number of hydrogen-bond acceptors (Lipinski definition) is 6. The van der Waals surface area contributed by atoms with Gasteiger partial charge in [0.25, 0.3) is 0 Å². The Bertz CT molecular complexity index is 1190. The first kappa shape index (κ1) is 30.0. The monoisotopic (exact) mass is 588 g/mol. The smallest absolute Gasteiger partial charge is 0.244 e. The number of carbonyl (C=O) groups is 3. The predicted octanol–water partition coefficient (Wildman–Crippen LogP) is 3.68. The number of likely N-dealkylation sites (N-methyl/N-ethyl adjacent to an activating group) is 2. The Morgan fingerprint density at radius 2 is 1.15 bits per heavy atom. The van der Waals surface area contributed by atoms with E-state index in [2.05, 4.69) is 39.4 Å². The van der Waals surface area contributed by atoms with Crippen molar-refractivity contribution in [1.29, 1.82) is 0 Å². The van der Waals surface area contributed by atoms with Crippen LogP contribution in [0.5, 0.6) is 0 Å². The highest BCUT2D eigenvalue weighted by molar-refractivity contribution is 6.44. The van der Waals surface area contributed by atoms with Gasteiger partial charge in [0.15, 0.2) is 0 Å². The van der Waals surface area contributed by atoms with Crippen LogP contribution in [0.4, 0.5) is 22.7 Å². The number of alkyl halides is 2. The number of nitrogens with one attached hydrogen (secondary N) is 2. The first-order valence-electron chi connectivity index (χ1n) is 13.5. The van der Waals surface area contributed by atoms with Gasteiger partial charge < -0.3 is 30.2 Å². The fourth-order valence-electron chi connectivity index (χ4n) is 5.15. The number of anilines is 4. The normalized spacial score (nSPS) is 20.4. The largest absolute Gasteiger partial charge is 0.370 e. The van der Waals surface area contributed by atoms with Gasteiger partial charge in [0, 0.05) is 68.9 Å². The number of carbonyl (C=O) groups excluding carboxylic acids is 3. The maximum Gasteiger partial charge on any atom is 0.244 e. The van der Waals surface area contributed by atoms with Gasteiger partial charge in [-0.2, -0.15) is 0 Å². The van der Waals surface area contributed by atoms with E-state index in [0.717, 1.165) is 50.4 Å². The molecule has 2 aromatic rings. The number of hydrogen-bond donors (Lipinski definition) is 2. The zero-order chi connectivity index (χ0) is 29.0. The van der Waals surface area contributed by atoms with E-state index in [1.165, 1.54) is 0 Å². The van der Waals surface area contributed by atoms with Gasteiger partial charge >= 0.3 is 0 Å². The average Bonchev–Trinajstić information content (AvgIpc) is 3.63. The van der Waals surface area contributed by atoms with Crippen LogP contribution < -0.4 is 20.4 Å². The summed E-state index contributed by atoms with van der Waals surface area (Å²) in [4.78, 5) is 45.7. The zero-order valence-electron chi connectivity index (χ0n) is 23.4. The van der Waals surface area contributed by atoms with Crippen molar-refractivity contribution in [3.05, 3.63) is 48.5 Å². The van der Waals surface area contributed by atoms with Crippen LogP contribution >= 0.6 is 23.2 Å². The second-order valence-corrected chi connectivity index (χ2v) is 11.7. The molecule has 2 heterocycles. The minimum atomic E-state index is -1.27. The molecule has 2 saturated heterocycles. The Balaban J connectivity index is 1.26. The van der Waals surface area contributed by atoms with Gasteiger partial charge in [-0.3, -0.25) is 14.4 Å². The second kappa shape index (κ2) is 13.1. The predicted molar refractivity (Wildman–Crippen MR) is 163 cm³/mol. The Hall–Kier alpha value is -3.01. The van der Waals surface area contributed by atoms with Crippen molar-refractivity contribution >= 4 is 63.7 Å². The third-order valence-corrected chi connectivity index (χ3v) is 8.89. The van der Waals surface area contributed by atoms with Gasteiger partial charge in [-0.15, -0.1) is 23.2 Å². The minimum Gasteiger partial charge on any atom is -0.370 e. The van der Waals surface area contributed by atoms with Crippen molar-refractivity contribution in [2.24, 2.45) is 0 Å². The highest BCUT2D eigenvalue weighted by Crippen LogP contribution is 2.26. The summed E-state index contributed by atoms with van der Waals surface area (Å²) < 4.78 is 0. The van der Waals surface area contributed by atoms with E-state index in [0.29, 0.717) is 17.4 Å². The molecule has 0 saturated carbocycles. The molecule has 4 atom stereocenters. The van der Waals surface area contributed by atoms with E-state index in [4.69, 9.17) is 23.2 Å². The summed E-state index contributed by atoms with van der Waals surface area (Å²) in [7, 11) is 6.02. The summed E-state index contributed by atoms with van der Waals surface area (Å²) in [5.74, 6) is -1.05. The van der Waals surface area contributed by atoms with Crippen molar-refractivity contribution in [1.82, 2.24) is 9.80 Å². The van der Waals surface area contributed by atoms with Gasteiger partial charge in [-0.05, 0) is 75.5 Å². The fraction of sp³-hybridized carbons (Fsp3) is 0.483. The van der Waals surface area contributed by atoms with Crippen molar-refractivity contribution in [3.63, 3.8) is 0 Å². The van der Waals surface area contributed by atoms with E-state index in [1.54, 1.807) is 24.0 Å². The molecule has 3 amide bonds. The molecule has 0 radical (unpaired) electrons. The standard InChI is InChI=1S/C29H38Cl2N6O3/c1-19(38)35(4)25-14-16-37(18-25)23-11-7-21(8-12-23)33-29(40)27(31)26(30)28(39)32-20-5-9-22(10-6-20)36-15-13-24(17-36)34(2)3/h5-12,24-27H,13-18H2,1-4H3,(H,32,39)(H,33,40). The summed E-state index contributed by atoms with van der Waals surface area (Å²) >= 11 is 12.6. The van der Waals surface area contributed by atoms with Crippen LogP contribution in [0.1, 0.15) is 19.8 Å². The highest BCUT2D eigenvalue weighted by Gasteiger charge is 2.31. The van der Waals surface area contributed by atoms with Crippen LogP contribution in [0.15, 0.2) is 48.5 Å². The molecule has 2 aliphatic rings. The molecular weight excluding hydrogens is 551 g/mol. The summed E-state index contributed by atoms with van der Waals surface area (Å²) in [6, 6.07) is 15.7. The van der Waals surface area contributed by atoms with Gasteiger partial charge in [0.1, 0.15) is 10.8 Å². The summed E-state index contributed by atoms with van der Waals surface area (Å²) in [5, 5.41) is 2.95. The molecule has 4 unspecified atom stereocenters. The lowest BCUT2D eigenvalue weighted by Crippen LogP contribution is -2.38. The number of amides is 3. The summed E-state index contributed by atoms with van der Waals surface area (Å²) in [6.07, 6.45) is 2.02. The number of halogens is 2. The van der Waals surface area contributed by atoms with E-state index >= 15 is 0 Å². The molecule has 9 nitrogen and oxygen atoms in total. The number of rotatable bonds is 9. The van der Waals surface area contributed by atoms with Gasteiger partial charge in [0.2, 0.25) is 17.7 Å². The van der Waals surface area contributed by atoms with Crippen LogP contribution in [0.25, 0.3) is 0 Å². The van der Waals surface area contributed by atoms with Crippen molar-refractivity contribution < 1.29 is 14.4 Å². The molecule has 40 heavy (non-hydrogen) atoms. The van der Waals surface area contributed by atoms with Crippen LogP contribution in [0.3, 0.4) is 0 Å². The lowest BCUT2D eigenvalue weighted by atomic mass is 10.2. The Kier molecular flexibility index (Phi) is 9.81. The van der Waals surface area contributed by atoms with Crippen LogP contribution in [-0.4, -0.2) is 97.7 Å². The second-order valence-electron chi connectivity index (χ2n) is 10.7. The van der Waals surface area contributed by atoms with Crippen LogP contribution in [0, 0.1) is 0 Å². The Labute approximate surface area is 246 Å². The molecule has 0 bridgehead atoms. The van der Waals surface area contributed by atoms with E-state index in [1.807, 2.05) is 43.4 Å². The fourth-order valence-corrected chi connectivity index (χ4v) is 5.48. The van der Waals surface area contributed by atoms with Gasteiger partial charge in [-0.25, -0.2) is 0 Å². The maximum atomic E-state index is 12.7. The first-order valence-corrected chi connectivity index (χ1v) is 14.4. The lowest BCUT2D eigenvalue weighted by Gasteiger charge is -2.24. The van der Waals surface area contributed by atoms with E-state index < -0.39 is 22.6 Å². The van der Waals surface area contributed by atoms with Crippen LogP contribution in [-0.2, 0) is 14.4 Å². The molecule has 2 aromatic carbocycles. The molecule has 2 fully saturated rings. The quantitative estimate of drug-likeness (QED) is 0.434. The zero-order valence-corrected chi connectivity index (χ0v) is 25.0. The Morgan fingerprint density at radius 3 is 1.52 bits per heavy atom. The average molecular weight is 590 g/mol. The Morgan fingerprint density at radius 1 is 0.750 bits per heavy atom. The molecule has 0 aliphatic carbocycles. The van der Waals surface area contributed by atoms with Crippen molar-refractivity contribution in [2.75, 3.05) is 67.8 Å².